The summed E-state index contributed by atoms with van der Waals surface area (Å²) in [7, 11) is 0. The largest absolute Gasteiger partial charge is 0.395 e. The maximum Gasteiger partial charge on any atom is 0.107 e. The third kappa shape index (κ3) is 3.28. The number of aliphatic hydroxyl groups is 4. The second-order valence-electron chi connectivity index (χ2n) is 2.71. The third-order valence-corrected chi connectivity index (χ3v) is 2.21. The van der Waals surface area contributed by atoms with Crippen LogP contribution >= 0.6 is 12.6 Å². The fourth-order valence-electron chi connectivity index (χ4n) is 0.805. The van der Waals surface area contributed by atoms with Gasteiger partial charge >= 0.3 is 0 Å². The van der Waals surface area contributed by atoms with Crippen molar-refractivity contribution >= 4 is 12.6 Å². The molecule has 0 rings (SSSR count). The second-order valence-corrected chi connectivity index (χ2v) is 3.37. The number of hydrogen-bond acceptors (Lipinski definition) is 5. The lowest BCUT2D eigenvalue weighted by Gasteiger charge is -2.24. The van der Waals surface area contributed by atoms with Crippen LogP contribution in [0, 0.1) is 0 Å². The fourth-order valence-corrected chi connectivity index (χ4v) is 0.981. The van der Waals surface area contributed by atoms with Gasteiger partial charge in [-0.15, -0.1) is 0 Å². The van der Waals surface area contributed by atoms with E-state index < -0.39 is 23.6 Å². The van der Waals surface area contributed by atoms with Gasteiger partial charge in [0.15, 0.2) is 0 Å². The zero-order valence-electron chi connectivity index (χ0n) is 6.96. The topological polar surface area (TPSA) is 80.9 Å². The maximum atomic E-state index is 9.24. The van der Waals surface area contributed by atoms with Gasteiger partial charge in [-0.25, -0.2) is 0 Å². The lowest BCUT2D eigenvalue weighted by atomic mass is 10.0. The van der Waals surface area contributed by atoms with Crippen LogP contribution in [-0.2, 0) is 0 Å². The van der Waals surface area contributed by atoms with Crippen LogP contribution in [0.25, 0.3) is 0 Å². The van der Waals surface area contributed by atoms with E-state index in [0.717, 1.165) is 0 Å². The molecular weight excluding hydrogens is 180 g/mol. The Balaban J connectivity index is 3.99. The number of aliphatic hydroxyl groups excluding tert-OH is 4. The van der Waals surface area contributed by atoms with E-state index in [1.807, 2.05) is 0 Å². The molecule has 0 saturated heterocycles. The minimum absolute atomic E-state index is 0.336. The standard InChI is InChI=1S/C7H16O4S/c1-2-4(9)6(10)7(11)5(12)3-8/h4-12H,2-3H2,1H3/t4?,5-,6+,7-/m0/s1. The molecule has 4 N–H and O–H groups in total. The van der Waals surface area contributed by atoms with Crippen LogP contribution in [-0.4, -0.2) is 50.6 Å². The Morgan fingerprint density at radius 3 is 2.00 bits per heavy atom. The van der Waals surface area contributed by atoms with Crippen LogP contribution in [0.5, 0.6) is 0 Å². The van der Waals surface area contributed by atoms with Gasteiger partial charge in [-0.3, -0.25) is 0 Å². The van der Waals surface area contributed by atoms with Gasteiger partial charge in [0, 0.05) is 0 Å². The van der Waals surface area contributed by atoms with Crippen molar-refractivity contribution in [1.29, 1.82) is 0 Å². The van der Waals surface area contributed by atoms with Gasteiger partial charge in [0.1, 0.15) is 6.10 Å². The summed E-state index contributed by atoms with van der Waals surface area (Å²) in [6.07, 6.45) is -3.07. The molecular formula is C7H16O4S. The smallest absolute Gasteiger partial charge is 0.107 e. The molecule has 4 atom stereocenters. The Morgan fingerprint density at radius 1 is 1.17 bits per heavy atom. The van der Waals surface area contributed by atoms with E-state index in [1.165, 1.54) is 0 Å². The molecule has 5 heteroatoms. The number of hydrogen-bond donors (Lipinski definition) is 5. The molecule has 0 aromatic rings. The molecule has 0 spiro atoms. The van der Waals surface area contributed by atoms with E-state index in [9.17, 15) is 10.2 Å². The van der Waals surface area contributed by atoms with Crippen molar-refractivity contribution in [3.8, 4) is 0 Å². The minimum Gasteiger partial charge on any atom is -0.395 e. The molecule has 0 aliphatic carbocycles. The Morgan fingerprint density at radius 2 is 1.67 bits per heavy atom. The van der Waals surface area contributed by atoms with Gasteiger partial charge in [-0.1, -0.05) is 6.92 Å². The first-order valence-electron chi connectivity index (χ1n) is 3.87. The first-order chi connectivity index (χ1) is 5.54. The summed E-state index contributed by atoms with van der Waals surface area (Å²) in [5.41, 5.74) is 0. The normalized spacial score (nSPS) is 21.5. The summed E-state index contributed by atoms with van der Waals surface area (Å²) >= 11 is 3.83. The zero-order valence-corrected chi connectivity index (χ0v) is 7.85. The predicted octanol–water partition coefficient (Wildman–Crippen LogP) is -1.23. The minimum atomic E-state index is -1.25. The maximum absolute atomic E-state index is 9.24. The van der Waals surface area contributed by atoms with E-state index in [0.29, 0.717) is 6.42 Å². The predicted molar refractivity (Wildman–Crippen MR) is 48.2 cm³/mol. The molecule has 0 fully saturated rings. The molecule has 0 aromatic carbocycles. The average molecular weight is 196 g/mol. The summed E-state index contributed by atoms with van der Waals surface area (Å²) in [6.45, 7) is 1.35. The van der Waals surface area contributed by atoms with Crippen LogP contribution in [0.3, 0.4) is 0 Å². The molecule has 0 aliphatic heterocycles. The average Bonchev–Trinajstić information content (AvgIpc) is 2.12. The Hall–Kier alpha value is 0.190. The van der Waals surface area contributed by atoms with E-state index in [4.69, 9.17) is 10.2 Å². The van der Waals surface area contributed by atoms with Gasteiger partial charge in [0.2, 0.25) is 0 Å². The summed E-state index contributed by atoms with van der Waals surface area (Å²) in [4.78, 5) is 0. The van der Waals surface area contributed by atoms with Gasteiger partial charge in [0.05, 0.1) is 24.1 Å². The van der Waals surface area contributed by atoms with Crippen LogP contribution in [0.4, 0.5) is 0 Å². The zero-order chi connectivity index (χ0) is 9.72. The van der Waals surface area contributed by atoms with E-state index >= 15 is 0 Å². The molecule has 0 aliphatic rings. The van der Waals surface area contributed by atoms with Crippen LogP contribution < -0.4 is 0 Å². The Bertz CT molecular complexity index is 108. The molecule has 0 amide bonds. The van der Waals surface area contributed by atoms with E-state index in [2.05, 4.69) is 12.6 Å². The first-order valence-corrected chi connectivity index (χ1v) is 4.39. The van der Waals surface area contributed by atoms with Crippen molar-refractivity contribution in [2.75, 3.05) is 6.61 Å². The molecule has 0 heterocycles. The Kier molecular flexibility index (Phi) is 5.86. The summed E-state index contributed by atoms with van der Waals surface area (Å²) < 4.78 is 0. The van der Waals surface area contributed by atoms with Crippen molar-refractivity contribution in [3.05, 3.63) is 0 Å². The quantitative estimate of drug-likeness (QED) is 0.357. The molecule has 74 valence electrons. The molecule has 0 aromatic heterocycles. The van der Waals surface area contributed by atoms with Crippen molar-refractivity contribution < 1.29 is 20.4 Å². The van der Waals surface area contributed by atoms with Gasteiger partial charge in [0.25, 0.3) is 0 Å². The van der Waals surface area contributed by atoms with E-state index in [1.54, 1.807) is 6.92 Å². The van der Waals surface area contributed by atoms with Crippen molar-refractivity contribution in [3.63, 3.8) is 0 Å². The Labute approximate surface area is 77.3 Å². The highest BCUT2D eigenvalue weighted by molar-refractivity contribution is 7.81. The highest BCUT2D eigenvalue weighted by Crippen LogP contribution is 2.10. The van der Waals surface area contributed by atoms with Gasteiger partial charge in [-0.2, -0.15) is 12.6 Å². The van der Waals surface area contributed by atoms with Crippen molar-refractivity contribution in [2.24, 2.45) is 0 Å². The van der Waals surface area contributed by atoms with Crippen LogP contribution in [0.1, 0.15) is 13.3 Å². The molecule has 0 saturated carbocycles. The SMILES string of the molecule is CCC(O)[C@@H](O)[C@@H](O)[C@@H](S)CO. The van der Waals surface area contributed by atoms with Crippen molar-refractivity contribution in [2.45, 2.75) is 36.9 Å². The van der Waals surface area contributed by atoms with Crippen molar-refractivity contribution in [1.82, 2.24) is 0 Å². The summed E-state index contributed by atoms with van der Waals surface area (Å²) in [6, 6.07) is 0. The summed E-state index contributed by atoms with van der Waals surface area (Å²) in [5.74, 6) is 0. The number of rotatable bonds is 5. The lowest BCUT2D eigenvalue weighted by Crippen LogP contribution is -2.43. The monoisotopic (exact) mass is 196 g/mol. The second kappa shape index (κ2) is 5.77. The van der Waals surface area contributed by atoms with Gasteiger partial charge < -0.3 is 20.4 Å². The highest BCUT2D eigenvalue weighted by Gasteiger charge is 2.27. The molecule has 12 heavy (non-hydrogen) atoms. The summed E-state index contributed by atoms with van der Waals surface area (Å²) in [5, 5.41) is 35.4. The van der Waals surface area contributed by atoms with Crippen LogP contribution in [0.2, 0.25) is 0 Å². The van der Waals surface area contributed by atoms with E-state index in [-0.39, 0.29) is 6.61 Å². The number of thiol groups is 1. The van der Waals surface area contributed by atoms with Gasteiger partial charge in [-0.05, 0) is 6.42 Å². The lowest BCUT2D eigenvalue weighted by molar-refractivity contribution is -0.0634. The highest BCUT2D eigenvalue weighted by atomic mass is 32.1. The van der Waals surface area contributed by atoms with Crippen LogP contribution in [0.15, 0.2) is 0 Å². The molecule has 1 unspecified atom stereocenters. The fraction of sp³-hybridized carbons (Fsp3) is 1.00. The first kappa shape index (κ1) is 12.2. The third-order valence-electron chi connectivity index (χ3n) is 1.74. The molecule has 4 nitrogen and oxygen atoms in total. The molecule has 0 bridgehead atoms. The molecule has 0 radical (unpaired) electrons.